The van der Waals surface area contributed by atoms with Crippen LogP contribution in [0.15, 0.2) is 36.1 Å². The van der Waals surface area contributed by atoms with Crippen LogP contribution in [-0.2, 0) is 13.1 Å². The first-order chi connectivity index (χ1) is 12.8. The molecular formula is C20H28N4OS. The van der Waals surface area contributed by atoms with Gasteiger partial charge in [0.15, 0.2) is 0 Å². The van der Waals surface area contributed by atoms with Gasteiger partial charge in [-0.05, 0) is 62.0 Å². The molecule has 0 amide bonds. The molecule has 1 unspecified atom stereocenters. The summed E-state index contributed by atoms with van der Waals surface area (Å²) < 4.78 is 0. The molecule has 2 saturated heterocycles. The van der Waals surface area contributed by atoms with Gasteiger partial charge in [-0.25, -0.2) is 4.98 Å². The number of aliphatic hydroxyl groups is 1. The van der Waals surface area contributed by atoms with Gasteiger partial charge in [-0.15, -0.1) is 11.3 Å². The van der Waals surface area contributed by atoms with E-state index in [1.165, 1.54) is 29.8 Å². The van der Waals surface area contributed by atoms with Gasteiger partial charge in [0, 0.05) is 49.6 Å². The molecule has 0 bridgehead atoms. The molecule has 2 aromatic heterocycles. The van der Waals surface area contributed by atoms with Gasteiger partial charge in [-0.3, -0.25) is 14.8 Å². The van der Waals surface area contributed by atoms with Crippen LogP contribution in [-0.4, -0.2) is 57.7 Å². The topological polar surface area (TPSA) is 52.5 Å². The van der Waals surface area contributed by atoms with Crippen molar-refractivity contribution in [2.24, 2.45) is 11.3 Å². The summed E-state index contributed by atoms with van der Waals surface area (Å²) >= 11 is 1.73. The number of nitrogens with zero attached hydrogens (tertiary/aromatic N) is 4. The summed E-state index contributed by atoms with van der Waals surface area (Å²) in [7, 11) is 0. The highest BCUT2D eigenvalue weighted by atomic mass is 32.1. The zero-order valence-electron chi connectivity index (χ0n) is 15.3. The fourth-order valence-corrected chi connectivity index (χ4v) is 5.32. The minimum absolute atomic E-state index is 0.304. The maximum absolute atomic E-state index is 10.1. The Balaban J connectivity index is 1.34. The molecule has 0 aromatic carbocycles. The van der Waals surface area contributed by atoms with Gasteiger partial charge in [0.25, 0.3) is 0 Å². The lowest BCUT2D eigenvalue weighted by Crippen LogP contribution is -2.53. The van der Waals surface area contributed by atoms with Crippen molar-refractivity contribution in [3.63, 3.8) is 0 Å². The second-order valence-corrected chi connectivity index (χ2v) is 8.76. The molecule has 2 aliphatic heterocycles. The van der Waals surface area contributed by atoms with Crippen molar-refractivity contribution >= 4 is 11.3 Å². The average Bonchev–Trinajstić information content (AvgIpc) is 3.19. The van der Waals surface area contributed by atoms with Crippen molar-refractivity contribution in [3.8, 4) is 0 Å². The van der Waals surface area contributed by atoms with E-state index in [2.05, 4.69) is 31.9 Å². The van der Waals surface area contributed by atoms with Gasteiger partial charge in [0.1, 0.15) is 5.01 Å². The highest BCUT2D eigenvalue weighted by Crippen LogP contribution is 2.45. The van der Waals surface area contributed by atoms with Crippen molar-refractivity contribution in [2.45, 2.75) is 32.4 Å². The van der Waals surface area contributed by atoms with Crippen LogP contribution >= 0.6 is 11.3 Å². The summed E-state index contributed by atoms with van der Waals surface area (Å²) in [5, 5.41) is 13.3. The normalized spacial score (nSPS) is 24.1. The lowest BCUT2D eigenvalue weighted by molar-refractivity contribution is -0.0450. The molecule has 1 N–H and O–H groups in total. The van der Waals surface area contributed by atoms with E-state index in [9.17, 15) is 5.11 Å². The second kappa shape index (κ2) is 8.13. The Labute approximate surface area is 159 Å². The van der Waals surface area contributed by atoms with Crippen LogP contribution in [0, 0.1) is 11.3 Å². The third-order valence-corrected chi connectivity index (χ3v) is 7.11. The number of hydrogen-bond acceptors (Lipinski definition) is 6. The Bertz CT molecular complexity index is 670. The van der Waals surface area contributed by atoms with Gasteiger partial charge < -0.3 is 5.11 Å². The van der Waals surface area contributed by atoms with Crippen LogP contribution in [0.4, 0.5) is 0 Å². The molecule has 2 aromatic rings. The van der Waals surface area contributed by atoms with E-state index in [0.717, 1.165) is 39.3 Å². The minimum Gasteiger partial charge on any atom is -0.396 e. The molecule has 0 saturated carbocycles. The molecule has 2 fully saturated rings. The van der Waals surface area contributed by atoms with Crippen LogP contribution in [0.2, 0.25) is 0 Å². The summed E-state index contributed by atoms with van der Waals surface area (Å²) in [4.78, 5) is 13.6. The number of aromatic nitrogens is 2. The Morgan fingerprint density at radius 2 is 1.77 bits per heavy atom. The number of aliphatic hydroxyl groups excluding tert-OH is 1. The third-order valence-electron chi connectivity index (χ3n) is 6.34. The van der Waals surface area contributed by atoms with Crippen molar-refractivity contribution in [3.05, 3.63) is 46.7 Å². The standard InChI is InChI=1S/C20H28N4OS/c25-16-18-14-24(15-19-22-8-12-26-19)11-5-20(18)3-9-23(10-4-20)13-17-1-6-21-7-2-17/h1-2,6-8,12,18,25H,3-5,9-11,13-16H2. The highest BCUT2D eigenvalue weighted by molar-refractivity contribution is 7.09. The molecule has 2 aliphatic rings. The summed E-state index contributed by atoms with van der Waals surface area (Å²) in [6, 6.07) is 4.22. The Morgan fingerprint density at radius 1 is 1.04 bits per heavy atom. The molecular weight excluding hydrogens is 344 g/mol. The van der Waals surface area contributed by atoms with Crippen LogP contribution in [0.25, 0.3) is 0 Å². The average molecular weight is 373 g/mol. The molecule has 26 heavy (non-hydrogen) atoms. The number of likely N-dealkylation sites (tertiary alicyclic amines) is 2. The Hall–Kier alpha value is -1.34. The summed E-state index contributed by atoms with van der Waals surface area (Å²) in [5.41, 5.74) is 1.66. The Morgan fingerprint density at radius 3 is 2.42 bits per heavy atom. The fraction of sp³-hybridized carbons (Fsp3) is 0.600. The van der Waals surface area contributed by atoms with E-state index in [-0.39, 0.29) is 0 Å². The molecule has 0 radical (unpaired) electrons. The van der Waals surface area contributed by atoms with Crippen LogP contribution < -0.4 is 0 Å². The summed E-state index contributed by atoms with van der Waals surface area (Å²) in [5.74, 6) is 0.388. The third kappa shape index (κ3) is 3.98. The highest BCUT2D eigenvalue weighted by Gasteiger charge is 2.44. The quantitative estimate of drug-likeness (QED) is 0.874. The Kier molecular flexibility index (Phi) is 5.64. The molecule has 140 valence electrons. The maximum atomic E-state index is 10.1. The predicted molar refractivity (Wildman–Crippen MR) is 104 cm³/mol. The predicted octanol–water partition coefficient (Wildman–Crippen LogP) is 2.63. The number of piperidine rings is 2. The van der Waals surface area contributed by atoms with Gasteiger partial charge in [0.2, 0.25) is 0 Å². The lowest BCUT2D eigenvalue weighted by Gasteiger charge is -2.51. The van der Waals surface area contributed by atoms with Crippen LogP contribution in [0.5, 0.6) is 0 Å². The van der Waals surface area contributed by atoms with Crippen LogP contribution in [0.1, 0.15) is 29.8 Å². The van der Waals surface area contributed by atoms with Crippen molar-refractivity contribution in [1.29, 1.82) is 0 Å². The minimum atomic E-state index is 0.304. The van der Waals surface area contributed by atoms with Gasteiger partial charge in [-0.2, -0.15) is 0 Å². The summed E-state index contributed by atoms with van der Waals surface area (Å²) in [6.07, 6.45) is 9.24. The lowest BCUT2D eigenvalue weighted by atomic mass is 9.64. The first-order valence-electron chi connectivity index (χ1n) is 9.60. The number of thiazole rings is 1. The fourth-order valence-electron chi connectivity index (χ4n) is 4.66. The smallest absolute Gasteiger partial charge is 0.107 e. The van der Waals surface area contributed by atoms with Crippen molar-refractivity contribution in [2.75, 3.05) is 32.8 Å². The van der Waals surface area contributed by atoms with E-state index < -0.39 is 0 Å². The molecule has 6 heteroatoms. The maximum Gasteiger partial charge on any atom is 0.107 e. The van der Waals surface area contributed by atoms with Crippen LogP contribution in [0.3, 0.4) is 0 Å². The number of pyridine rings is 1. The SMILES string of the molecule is OCC1CN(Cc2nccs2)CCC12CCN(Cc1ccncc1)CC2. The van der Waals surface area contributed by atoms with Gasteiger partial charge >= 0.3 is 0 Å². The molecule has 4 heterocycles. The van der Waals surface area contributed by atoms with E-state index in [1.807, 2.05) is 24.0 Å². The zero-order chi connectivity index (χ0) is 17.8. The molecule has 1 spiro atoms. The molecule has 5 nitrogen and oxygen atoms in total. The zero-order valence-corrected chi connectivity index (χ0v) is 16.1. The summed E-state index contributed by atoms with van der Waals surface area (Å²) in [6.45, 7) is 6.63. The number of rotatable bonds is 5. The molecule has 1 atom stereocenters. The van der Waals surface area contributed by atoms with Gasteiger partial charge in [0.05, 0.1) is 6.54 Å². The van der Waals surface area contributed by atoms with Crippen molar-refractivity contribution in [1.82, 2.24) is 19.8 Å². The van der Waals surface area contributed by atoms with E-state index in [1.54, 1.807) is 11.3 Å². The van der Waals surface area contributed by atoms with E-state index >= 15 is 0 Å². The van der Waals surface area contributed by atoms with Gasteiger partial charge in [-0.1, -0.05) is 0 Å². The molecule has 0 aliphatic carbocycles. The number of hydrogen-bond donors (Lipinski definition) is 1. The monoisotopic (exact) mass is 372 g/mol. The van der Waals surface area contributed by atoms with E-state index in [4.69, 9.17) is 0 Å². The largest absolute Gasteiger partial charge is 0.396 e. The first-order valence-corrected chi connectivity index (χ1v) is 10.5. The van der Waals surface area contributed by atoms with E-state index in [0.29, 0.717) is 17.9 Å². The van der Waals surface area contributed by atoms with Crippen molar-refractivity contribution < 1.29 is 5.11 Å². The molecule has 4 rings (SSSR count). The first kappa shape index (κ1) is 18.0. The second-order valence-electron chi connectivity index (χ2n) is 7.78.